The molecule has 0 aromatic rings. The predicted octanol–water partition coefficient (Wildman–Crippen LogP) is 1.97. The number of nitrogens with zero attached hydrogens (tertiary/aromatic N) is 1. The third-order valence-corrected chi connectivity index (χ3v) is 3.33. The van der Waals surface area contributed by atoms with Gasteiger partial charge in [-0.3, -0.25) is 4.79 Å². The third kappa shape index (κ3) is 2.47. The van der Waals surface area contributed by atoms with E-state index in [4.69, 9.17) is 5.11 Å². The van der Waals surface area contributed by atoms with Gasteiger partial charge in [-0.2, -0.15) is 0 Å². The Hall–Kier alpha value is -0.570. The van der Waals surface area contributed by atoms with Gasteiger partial charge in [0, 0.05) is 6.04 Å². The van der Waals surface area contributed by atoms with Crippen molar-refractivity contribution in [1.29, 1.82) is 0 Å². The second kappa shape index (κ2) is 5.35. The molecule has 0 bridgehead atoms. The fraction of sp³-hybridized carbons (Fsp3) is 0.909. The lowest BCUT2D eigenvalue weighted by Crippen LogP contribution is -2.45. The average Bonchev–Trinajstić information content (AvgIpc) is 2.20. The number of carboxylic acids is 1. The van der Waals surface area contributed by atoms with Crippen LogP contribution in [0.1, 0.15) is 39.5 Å². The fourth-order valence-corrected chi connectivity index (χ4v) is 2.53. The first kappa shape index (κ1) is 11.5. The SMILES string of the molecule is CCN(CC)C1CCCCC1C(=O)O. The van der Waals surface area contributed by atoms with Gasteiger partial charge in [-0.1, -0.05) is 26.7 Å². The summed E-state index contributed by atoms with van der Waals surface area (Å²) in [6, 6.07) is 0.274. The smallest absolute Gasteiger partial charge is 0.308 e. The van der Waals surface area contributed by atoms with Crippen LogP contribution in [0.5, 0.6) is 0 Å². The monoisotopic (exact) mass is 199 g/mol. The molecule has 0 spiro atoms. The van der Waals surface area contributed by atoms with Crippen LogP contribution in [0, 0.1) is 5.92 Å². The summed E-state index contributed by atoms with van der Waals surface area (Å²) < 4.78 is 0. The second-order valence-electron chi connectivity index (χ2n) is 4.02. The minimum Gasteiger partial charge on any atom is -0.481 e. The van der Waals surface area contributed by atoms with E-state index in [0.717, 1.165) is 32.4 Å². The molecule has 0 radical (unpaired) electrons. The lowest BCUT2D eigenvalue weighted by atomic mass is 9.83. The summed E-state index contributed by atoms with van der Waals surface area (Å²) >= 11 is 0. The molecule has 2 atom stereocenters. The molecule has 0 amide bonds. The van der Waals surface area contributed by atoms with Gasteiger partial charge in [-0.05, 0) is 25.9 Å². The molecule has 1 aliphatic carbocycles. The van der Waals surface area contributed by atoms with Crippen molar-refractivity contribution in [3.05, 3.63) is 0 Å². The maximum atomic E-state index is 11.1. The van der Waals surface area contributed by atoms with Crippen molar-refractivity contribution in [2.45, 2.75) is 45.6 Å². The van der Waals surface area contributed by atoms with Gasteiger partial charge in [0.25, 0.3) is 0 Å². The Morgan fingerprint density at radius 1 is 1.29 bits per heavy atom. The van der Waals surface area contributed by atoms with E-state index < -0.39 is 5.97 Å². The fourth-order valence-electron chi connectivity index (χ4n) is 2.53. The summed E-state index contributed by atoms with van der Waals surface area (Å²) in [6.45, 7) is 6.14. The predicted molar refractivity (Wildman–Crippen MR) is 56.3 cm³/mol. The summed E-state index contributed by atoms with van der Waals surface area (Å²) in [6.07, 6.45) is 4.18. The molecule has 1 fully saturated rings. The zero-order chi connectivity index (χ0) is 10.6. The number of carboxylic acid groups (broad SMARTS) is 1. The van der Waals surface area contributed by atoms with E-state index in [1.165, 1.54) is 6.42 Å². The molecule has 1 aliphatic rings. The molecule has 0 aromatic carbocycles. The topological polar surface area (TPSA) is 40.5 Å². The molecule has 82 valence electrons. The lowest BCUT2D eigenvalue weighted by molar-refractivity contribution is -0.145. The van der Waals surface area contributed by atoms with Gasteiger partial charge in [0.2, 0.25) is 0 Å². The van der Waals surface area contributed by atoms with Crippen LogP contribution in [-0.4, -0.2) is 35.1 Å². The number of rotatable bonds is 4. The van der Waals surface area contributed by atoms with Crippen molar-refractivity contribution in [1.82, 2.24) is 4.90 Å². The number of carbonyl (C=O) groups is 1. The molecule has 1 saturated carbocycles. The number of hydrogen-bond acceptors (Lipinski definition) is 2. The number of hydrogen-bond donors (Lipinski definition) is 1. The highest BCUT2D eigenvalue weighted by Crippen LogP contribution is 2.28. The van der Waals surface area contributed by atoms with Gasteiger partial charge in [0.1, 0.15) is 0 Å². The minimum atomic E-state index is -0.610. The van der Waals surface area contributed by atoms with Crippen molar-refractivity contribution >= 4 is 5.97 Å². The van der Waals surface area contributed by atoms with Crippen LogP contribution in [0.2, 0.25) is 0 Å². The van der Waals surface area contributed by atoms with E-state index in [1.807, 2.05) is 0 Å². The molecule has 14 heavy (non-hydrogen) atoms. The maximum absolute atomic E-state index is 11.1. The Balaban J connectivity index is 2.65. The molecule has 0 aliphatic heterocycles. The van der Waals surface area contributed by atoms with Crippen LogP contribution >= 0.6 is 0 Å². The van der Waals surface area contributed by atoms with Crippen LogP contribution in [0.25, 0.3) is 0 Å². The molecule has 1 rings (SSSR count). The van der Waals surface area contributed by atoms with E-state index >= 15 is 0 Å². The second-order valence-corrected chi connectivity index (χ2v) is 4.02. The molecular weight excluding hydrogens is 178 g/mol. The normalized spacial score (nSPS) is 27.9. The summed E-state index contributed by atoms with van der Waals surface area (Å²) in [5, 5.41) is 9.12. The molecule has 2 unspecified atom stereocenters. The molecular formula is C11H21NO2. The van der Waals surface area contributed by atoms with E-state index in [2.05, 4.69) is 18.7 Å². The van der Waals surface area contributed by atoms with Gasteiger partial charge in [0.05, 0.1) is 5.92 Å². The molecule has 3 heteroatoms. The zero-order valence-electron chi connectivity index (χ0n) is 9.20. The van der Waals surface area contributed by atoms with Gasteiger partial charge >= 0.3 is 5.97 Å². The Labute approximate surface area is 86.1 Å². The van der Waals surface area contributed by atoms with E-state index in [9.17, 15) is 4.79 Å². The molecule has 0 aromatic heterocycles. The van der Waals surface area contributed by atoms with Crippen LogP contribution < -0.4 is 0 Å². The lowest BCUT2D eigenvalue weighted by Gasteiger charge is -2.36. The van der Waals surface area contributed by atoms with Crippen molar-refractivity contribution in [3.8, 4) is 0 Å². The third-order valence-electron chi connectivity index (χ3n) is 3.33. The van der Waals surface area contributed by atoms with Crippen LogP contribution in [0.4, 0.5) is 0 Å². The Bertz CT molecular complexity index is 190. The molecule has 0 saturated heterocycles. The number of aliphatic carboxylic acids is 1. The van der Waals surface area contributed by atoms with E-state index in [0.29, 0.717) is 0 Å². The van der Waals surface area contributed by atoms with Gasteiger partial charge in [-0.25, -0.2) is 0 Å². The van der Waals surface area contributed by atoms with Crippen molar-refractivity contribution in [2.24, 2.45) is 5.92 Å². The highest BCUT2D eigenvalue weighted by molar-refractivity contribution is 5.71. The van der Waals surface area contributed by atoms with Gasteiger partial charge < -0.3 is 10.0 Å². The largest absolute Gasteiger partial charge is 0.481 e. The Morgan fingerprint density at radius 2 is 1.86 bits per heavy atom. The standard InChI is InChI=1S/C11H21NO2/c1-3-12(4-2)10-8-6-5-7-9(10)11(13)14/h9-10H,3-8H2,1-2H3,(H,13,14). The minimum absolute atomic E-state index is 0.136. The summed E-state index contributed by atoms with van der Waals surface area (Å²) in [5.41, 5.74) is 0. The van der Waals surface area contributed by atoms with Gasteiger partial charge in [0.15, 0.2) is 0 Å². The Kier molecular flexibility index (Phi) is 4.39. The molecule has 0 heterocycles. The zero-order valence-corrected chi connectivity index (χ0v) is 9.20. The summed E-state index contributed by atoms with van der Waals surface area (Å²) in [7, 11) is 0. The molecule has 3 nitrogen and oxygen atoms in total. The van der Waals surface area contributed by atoms with Crippen molar-refractivity contribution < 1.29 is 9.90 Å². The summed E-state index contributed by atoms with van der Waals surface area (Å²) in [4.78, 5) is 13.4. The maximum Gasteiger partial charge on any atom is 0.308 e. The van der Waals surface area contributed by atoms with E-state index in [1.54, 1.807) is 0 Å². The average molecular weight is 199 g/mol. The van der Waals surface area contributed by atoms with Gasteiger partial charge in [-0.15, -0.1) is 0 Å². The Morgan fingerprint density at radius 3 is 2.36 bits per heavy atom. The first-order chi connectivity index (χ1) is 6.70. The molecule has 1 N–H and O–H groups in total. The summed E-state index contributed by atoms with van der Waals surface area (Å²) in [5.74, 6) is -0.745. The highest BCUT2D eigenvalue weighted by Gasteiger charge is 2.33. The first-order valence-electron chi connectivity index (χ1n) is 5.67. The van der Waals surface area contributed by atoms with Crippen LogP contribution in [-0.2, 0) is 4.79 Å². The van der Waals surface area contributed by atoms with E-state index in [-0.39, 0.29) is 12.0 Å². The highest BCUT2D eigenvalue weighted by atomic mass is 16.4. The first-order valence-corrected chi connectivity index (χ1v) is 5.67. The van der Waals surface area contributed by atoms with Crippen molar-refractivity contribution in [2.75, 3.05) is 13.1 Å². The van der Waals surface area contributed by atoms with Crippen LogP contribution in [0.3, 0.4) is 0 Å². The van der Waals surface area contributed by atoms with Crippen LogP contribution in [0.15, 0.2) is 0 Å². The quantitative estimate of drug-likeness (QED) is 0.752. The van der Waals surface area contributed by atoms with Crippen molar-refractivity contribution in [3.63, 3.8) is 0 Å².